The Morgan fingerprint density at radius 2 is 1.84 bits per heavy atom. The number of nitrogens with zero attached hydrogens (tertiary/aromatic N) is 4. The molecule has 0 atom stereocenters. The molecule has 0 saturated carbocycles. The van der Waals surface area contributed by atoms with Crippen LogP contribution in [-0.2, 0) is 0 Å². The van der Waals surface area contributed by atoms with Gasteiger partial charge in [0.05, 0.1) is 18.4 Å². The molecule has 1 rings (SSSR count). The van der Waals surface area contributed by atoms with Crippen molar-refractivity contribution in [2.24, 2.45) is 11.0 Å². The summed E-state index contributed by atoms with van der Waals surface area (Å²) in [6.45, 7) is 0. The van der Waals surface area contributed by atoms with Gasteiger partial charge >= 0.3 is 0 Å². The third-order valence-corrected chi connectivity index (χ3v) is 2.85. The van der Waals surface area contributed by atoms with E-state index >= 15 is 0 Å². The molecule has 9 heteroatoms. The number of nitriles is 2. The molecule has 98 valence electrons. The molecule has 0 heterocycles. The number of anilines is 1. The molecule has 0 fully saturated rings. The second-order valence-corrected chi connectivity index (χ2v) is 4.16. The van der Waals surface area contributed by atoms with Gasteiger partial charge in [0, 0.05) is 17.8 Å². The maximum Gasteiger partial charge on any atom is 0.170 e. The van der Waals surface area contributed by atoms with Crippen LogP contribution in [0.25, 0.3) is 0 Å². The van der Waals surface area contributed by atoms with Gasteiger partial charge in [-0.15, -0.1) is 0 Å². The van der Waals surface area contributed by atoms with E-state index in [4.69, 9.17) is 45.5 Å². The Morgan fingerprint density at radius 3 is 2.37 bits per heavy atom. The maximum absolute atomic E-state index is 13.4. The average molecular weight is 324 g/mol. The molecule has 0 unspecified atom stereocenters. The minimum atomic E-state index is -1.18. The van der Waals surface area contributed by atoms with Gasteiger partial charge in [0.1, 0.15) is 21.5 Å². The van der Waals surface area contributed by atoms with Crippen molar-refractivity contribution in [3.63, 3.8) is 0 Å². The van der Waals surface area contributed by atoms with Gasteiger partial charge in [-0.05, 0) is 0 Å². The third kappa shape index (κ3) is 3.45. The summed E-state index contributed by atoms with van der Waals surface area (Å²) in [7, 11) is 0. The van der Waals surface area contributed by atoms with Crippen LogP contribution in [0, 0.1) is 40.2 Å². The molecule has 1 aromatic rings. The maximum atomic E-state index is 13.4. The quantitative estimate of drug-likeness (QED) is 0.279. The Morgan fingerprint density at radius 1 is 1.26 bits per heavy atom. The minimum Gasteiger partial charge on any atom is -0.205 e. The summed E-state index contributed by atoms with van der Waals surface area (Å²) in [5.74, 6) is -3.41. The molecule has 0 radical (unpaired) electrons. The Kier molecular flexibility index (Phi) is 5.31. The zero-order chi connectivity index (χ0) is 14.6. The number of hydrazone groups is 1. The van der Waals surface area contributed by atoms with Crippen molar-refractivity contribution in [1.82, 2.24) is 0 Å². The molecule has 0 amide bonds. The van der Waals surface area contributed by atoms with E-state index in [1.807, 2.05) is 0 Å². The molecular weight excluding hydrogens is 320 g/mol. The van der Waals surface area contributed by atoms with Crippen molar-refractivity contribution in [3.8, 4) is 12.1 Å². The largest absolute Gasteiger partial charge is 0.205 e. The Bertz CT molecular complexity index is 592. The zero-order valence-electron chi connectivity index (χ0n) is 8.91. The molecule has 0 aliphatic rings. The summed E-state index contributed by atoms with van der Waals surface area (Å²) in [5.41, 5.74) is -0.311. The molecule has 1 aromatic carbocycles. The van der Waals surface area contributed by atoms with Gasteiger partial charge in [0.2, 0.25) is 0 Å². The molecule has 0 saturated heterocycles. The number of benzene rings is 1. The number of hydrogen-bond donors (Lipinski definition) is 0. The van der Waals surface area contributed by atoms with Crippen LogP contribution in [0.4, 0.5) is 14.5 Å². The highest BCUT2D eigenvalue weighted by Gasteiger charge is 2.19. The zero-order valence-corrected chi connectivity index (χ0v) is 11.2. The van der Waals surface area contributed by atoms with Gasteiger partial charge in [0.15, 0.2) is 11.7 Å². The molecule has 4 nitrogen and oxygen atoms in total. The summed E-state index contributed by atoms with van der Waals surface area (Å²) in [6, 6.07) is 3.98. The van der Waals surface area contributed by atoms with Crippen molar-refractivity contribution >= 4 is 46.9 Å². The first-order valence-electron chi connectivity index (χ1n) is 4.54. The van der Waals surface area contributed by atoms with Crippen molar-refractivity contribution in [2.75, 3.05) is 4.53 Å². The monoisotopic (exact) mass is 322 g/mol. The van der Waals surface area contributed by atoms with Crippen LogP contribution in [0.2, 0.25) is 10.0 Å². The predicted molar refractivity (Wildman–Crippen MR) is 67.9 cm³/mol. The van der Waals surface area contributed by atoms with Crippen molar-refractivity contribution < 1.29 is 8.78 Å². The highest BCUT2D eigenvalue weighted by atomic mass is 35.5. The molecule has 0 bridgehead atoms. The van der Waals surface area contributed by atoms with Crippen LogP contribution in [0.15, 0.2) is 11.2 Å². The highest BCUT2D eigenvalue weighted by Crippen LogP contribution is 2.35. The van der Waals surface area contributed by atoms with E-state index in [-0.39, 0.29) is 5.69 Å². The van der Waals surface area contributed by atoms with E-state index in [1.165, 1.54) is 0 Å². The minimum absolute atomic E-state index is 0.311. The molecule has 0 N–H and O–H groups in total. The lowest BCUT2D eigenvalue weighted by molar-refractivity contribution is 0.584. The second kappa shape index (κ2) is 6.53. The van der Waals surface area contributed by atoms with Gasteiger partial charge in [-0.1, -0.05) is 23.2 Å². The van der Waals surface area contributed by atoms with E-state index in [9.17, 15) is 8.78 Å². The molecule has 0 spiro atoms. The molecule has 19 heavy (non-hydrogen) atoms. The SMILES string of the molecule is N#CC(C#N)C=NN(Cl)c1cc(F)c(Cl)c(F)c1Cl. The molecular formula is C10H3Cl3F2N4. The van der Waals surface area contributed by atoms with E-state index in [2.05, 4.69) is 5.10 Å². The van der Waals surface area contributed by atoms with Crippen LogP contribution in [0.1, 0.15) is 0 Å². The second-order valence-electron chi connectivity index (χ2n) is 3.08. The third-order valence-electron chi connectivity index (χ3n) is 1.88. The van der Waals surface area contributed by atoms with Gasteiger partial charge < -0.3 is 0 Å². The van der Waals surface area contributed by atoms with E-state index in [0.29, 0.717) is 4.53 Å². The Balaban J connectivity index is 3.12. The Hall–Kier alpha value is -1.60. The van der Waals surface area contributed by atoms with Crippen LogP contribution in [-0.4, -0.2) is 6.21 Å². The van der Waals surface area contributed by atoms with Crippen LogP contribution in [0.3, 0.4) is 0 Å². The number of rotatable bonds is 3. The van der Waals surface area contributed by atoms with Gasteiger partial charge in [-0.25, -0.2) is 8.78 Å². The summed E-state index contributed by atoms with van der Waals surface area (Å²) in [6.07, 6.45) is 0.897. The first kappa shape index (κ1) is 15.5. The van der Waals surface area contributed by atoms with Crippen molar-refractivity contribution in [3.05, 3.63) is 27.7 Å². The summed E-state index contributed by atoms with van der Waals surface area (Å²) >= 11 is 16.5. The standard InChI is InChI=1S/C10H3Cl3F2N4/c11-8-6(14)1-7(9(12)10(8)15)19(13)18-4-5(2-16)3-17/h1,4-5H. The number of hydrogen-bond acceptors (Lipinski definition) is 4. The predicted octanol–water partition coefficient (Wildman–Crippen LogP) is 3.88. The fourth-order valence-electron chi connectivity index (χ4n) is 0.978. The first-order chi connectivity index (χ1) is 8.92. The van der Waals surface area contributed by atoms with Crippen LogP contribution >= 0.6 is 35.0 Å². The van der Waals surface area contributed by atoms with E-state index in [0.717, 1.165) is 12.3 Å². The molecule has 0 aliphatic carbocycles. The smallest absolute Gasteiger partial charge is 0.170 e. The van der Waals surface area contributed by atoms with Crippen LogP contribution in [0.5, 0.6) is 0 Å². The lowest BCUT2D eigenvalue weighted by atomic mass is 10.2. The van der Waals surface area contributed by atoms with Gasteiger partial charge in [-0.2, -0.15) is 20.2 Å². The van der Waals surface area contributed by atoms with E-state index < -0.39 is 27.6 Å². The van der Waals surface area contributed by atoms with Crippen molar-refractivity contribution in [2.45, 2.75) is 0 Å². The van der Waals surface area contributed by atoms with E-state index in [1.54, 1.807) is 12.1 Å². The van der Waals surface area contributed by atoms with Crippen molar-refractivity contribution in [1.29, 1.82) is 10.5 Å². The fraction of sp³-hybridized carbons (Fsp3) is 0.100. The lowest BCUT2D eigenvalue weighted by Gasteiger charge is -2.12. The first-order valence-corrected chi connectivity index (χ1v) is 5.64. The summed E-state index contributed by atoms with van der Waals surface area (Å²) in [4.78, 5) is 0. The fourth-order valence-corrected chi connectivity index (χ4v) is 1.63. The molecule has 0 aliphatic heterocycles. The van der Waals surface area contributed by atoms with Gasteiger partial charge in [0.25, 0.3) is 0 Å². The lowest BCUT2D eigenvalue weighted by Crippen LogP contribution is -2.06. The summed E-state index contributed by atoms with van der Waals surface area (Å²) < 4.78 is 27.1. The number of halogens is 5. The van der Waals surface area contributed by atoms with Gasteiger partial charge in [-0.3, -0.25) is 0 Å². The topological polar surface area (TPSA) is 63.2 Å². The highest BCUT2D eigenvalue weighted by molar-refractivity contribution is 6.38. The molecule has 0 aromatic heterocycles. The summed E-state index contributed by atoms with van der Waals surface area (Å²) in [5, 5.41) is 19.2. The normalized spacial score (nSPS) is 10.5. The average Bonchev–Trinajstić information content (AvgIpc) is 2.41. The Labute approximate surface area is 122 Å². The van der Waals surface area contributed by atoms with Crippen LogP contribution < -0.4 is 4.53 Å².